The summed E-state index contributed by atoms with van der Waals surface area (Å²) in [5.74, 6) is 0.453. The Morgan fingerprint density at radius 2 is 1.75 bits per heavy atom. The van der Waals surface area contributed by atoms with Crippen LogP contribution >= 0.6 is 0 Å². The molecule has 3 aromatic rings. The number of fused-ring (bicyclic) bond motifs is 3. The Morgan fingerprint density at radius 3 is 2.47 bits per heavy atom. The zero-order valence-electron chi connectivity index (χ0n) is 21.2. The second-order valence-corrected chi connectivity index (χ2v) is 9.82. The van der Waals surface area contributed by atoms with E-state index in [1.807, 2.05) is 35.2 Å². The summed E-state index contributed by atoms with van der Waals surface area (Å²) in [5.41, 5.74) is 0.890. The van der Waals surface area contributed by atoms with E-state index >= 15 is 0 Å². The van der Waals surface area contributed by atoms with E-state index in [2.05, 4.69) is 27.1 Å². The number of hydrogen-bond acceptors (Lipinski definition) is 7. The van der Waals surface area contributed by atoms with Gasteiger partial charge in [-0.1, -0.05) is 30.3 Å². The molecule has 0 spiro atoms. The normalized spacial score (nSPS) is 18.6. The van der Waals surface area contributed by atoms with Gasteiger partial charge in [0.05, 0.1) is 6.54 Å². The summed E-state index contributed by atoms with van der Waals surface area (Å²) in [5, 5.41) is 3.11. The first-order valence-corrected chi connectivity index (χ1v) is 12.5. The molecule has 2 aromatic heterocycles. The molecule has 0 bridgehead atoms. The minimum absolute atomic E-state index is 0.0791. The van der Waals surface area contributed by atoms with Gasteiger partial charge < -0.3 is 24.6 Å². The lowest BCUT2D eigenvalue weighted by molar-refractivity contribution is -0.122. The molecule has 1 aromatic carbocycles. The third kappa shape index (κ3) is 4.44. The van der Waals surface area contributed by atoms with Crippen molar-refractivity contribution in [3.8, 4) is 0 Å². The Labute approximate surface area is 209 Å². The molecular weight excluding hydrogens is 460 g/mol. The third-order valence-electron chi connectivity index (χ3n) is 7.36. The number of carbonyl (C=O) groups is 1. The third-order valence-corrected chi connectivity index (χ3v) is 7.36. The van der Waals surface area contributed by atoms with E-state index in [1.54, 1.807) is 11.6 Å². The quantitative estimate of drug-likeness (QED) is 0.445. The lowest BCUT2D eigenvalue weighted by Crippen LogP contribution is -2.47. The molecule has 5 rings (SSSR count). The minimum Gasteiger partial charge on any atom is -0.354 e. The number of nitrogens with one attached hydrogen (secondary N) is 1. The van der Waals surface area contributed by atoms with Gasteiger partial charge >= 0.3 is 5.69 Å². The summed E-state index contributed by atoms with van der Waals surface area (Å²) in [4.78, 5) is 50.2. The molecule has 0 radical (unpaired) electrons. The van der Waals surface area contributed by atoms with Crippen LogP contribution < -0.4 is 21.5 Å². The van der Waals surface area contributed by atoms with Crippen LogP contribution in [0.15, 0.2) is 39.9 Å². The van der Waals surface area contributed by atoms with Gasteiger partial charge in [-0.15, -0.1) is 0 Å². The second kappa shape index (κ2) is 9.90. The first-order chi connectivity index (χ1) is 17.3. The number of amides is 1. The smallest absolute Gasteiger partial charge is 0.332 e. The summed E-state index contributed by atoms with van der Waals surface area (Å²) in [6, 6.07) is 9.38. The van der Waals surface area contributed by atoms with E-state index in [0.29, 0.717) is 36.7 Å². The molecule has 0 saturated carbocycles. The number of nitrogens with zero attached hydrogens (tertiary/aromatic N) is 7. The van der Waals surface area contributed by atoms with Crippen molar-refractivity contribution in [2.45, 2.75) is 25.6 Å². The number of hydrogen-bond donors (Lipinski definition) is 1. The minimum atomic E-state index is -0.498. The van der Waals surface area contributed by atoms with Crippen LogP contribution in [0.5, 0.6) is 0 Å². The summed E-state index contributed by atoms with van der Waals surface area (Å²) in [6.07, 6.45) is 0.886. The van der Waals surface area contributed by atoms with Gasteiger partial charge in [-0.05, 0) is 25.6 Å². The van der Waals surface area contributed by atoms with Gasteiger partial charge in [-0.25, -0.2) is 4.79 Å². The fraction of sp³-hybridized carbons (Fsp3) is 0.520. The fourth-order valence-electron chi connectivity index (χ4n) is 5.13. The van der Waals surface area contributed by atoms with Crippen molar-refractivity contribution in [2.24, 2.45) is 14.1 Å². The molecule has 1 amide bonds. The van der Waals surface area contributed by atoms with Gasteiger partial charge in [0.1, 0.15) is 6.04 Å². The highest BCUT2D eigenvalue weighted by Crippen LogP contribution is 2.30. The molecule has 36 heavy (non-hydrogen) atoms. The van der Waals surface area contributed by atoms with Crippen molar-refractivity contribution in [3.05, 3.63) is 56.7 Å². The van der Waals surface area contributed by atoms with Crippen molar-refractivity contribution >= 4 is 23.0 Å². The number of carbonyl (C=O) groups excluding carboxylic acids is 1. The molecule has 192 valence electrons. The average molecular weight is 495 g/mol. The van der Waals surface area contributed by atoms with Crippen molar-refractivity contribution in [3.63, 3.8) is 0 Å². The maximum atomic E-state index is 13.4. The number of piperazine rings is 1. The molecule has 4 heterocycles. The molecule has 1 fully saturated rings. The van der Waals surface area contributed by atoms with E-state index < -0.39 is 17.3 Å². The lowest BCUT2D eigenvalue weighted by Gasteiger charge is -2.32. The maximum Gasteiger partial charge on any atom is 0.332 e. The zero-order valence-corrected chi connectivity index (χ0v) is 21.2. The summed E-state index contributed by atoms with van der Waals surface area (Å²) >= 11 is 0. The molecule has 2 aliphatic rings. The highest BCUT2D eigenvalue weighted by Gasteiger charge is 2.38. The number of rotatable bonds is 7. The SMILES string of the molecule is CN1CCN(CCCNC(=O)C2Cn3c(nc4c3c(=O)n(C)c(=O)n4C)N2Cc2ccccc2)CC1. The number of likely N-dealkylation sites (N-methyl/N-ethyl adjacent to an activating group) is 1. The Balaban J connectivity index is 1.36. The maximum absolute atomic E-state index is 13.4. The molecular formula is C25H34N8O3. The first-order valence-electron chi connectivity index (χ1n) is 12.5. The van der Waals surface area contributed by atoms with Crippen molar-refractivity contribution in [2.75, 3.05) is 51.2 Å². The van der Waals surface area contributed by atoms with Crippen LogP contribution in [0.1, 0.15) is 12.0 Å². The largest absolute Gasteiger partial charge is 0.354 e. The standard InChI is InChI=1S/C25H34N8O3/c1-28-12-14-31(15-13-28)11-7-10-26-22(34)19-17-33-20-21(29(2)25(36)30(3)23(20)35)27-24(33)32(19)16-18-8-5-4-6-9-18/h4-6,8-9,19H,7,10-17H2,1-3H3,(H,26,34). The molecule has 2 aliphatic heterocycles. The van der Waals surface area contributed by atoms with Gasteiger partial charge in [-0.2, -0.15) is 4.98 Å². The predicted octanol–water partition coefficient (Wildman–Crippen LogP) is -0.424. The van der Waals surface area contributed by atoms with E-state index in [4.69, 9.17) is 0 Å². The Morgan fingerprint density at radius 1 is 1.03 bits per heavy atom. The topological polar surface area (TPSA) is 101 Å². The zero-order chi connectivity index (χ0) is 25.4. The number of aryl methyl sites for hydroxylation is 1. The average Bonchev–Trinajstić information content (AvgIpc) is 3.43. The Kier molecular flexibility index (Phi) is 6.67. The van der Waals surface area contributed by atoms with Gasteiger partial charge in [0, 0.05) is 53.4 Å². The number of anilines is 1. The number of aromatic nitrogens is 4. The molecule has 0 aliphatic carbocycles. The predicted molar refractivity (Wildman–Crippen MR) is 138 cm³/mol. The van der Waals surface area contributed by atoms with Gasteiger partial charge in [0.2, 0.25) is 11.9 Å². The van der Waals surface area contributed by atoms with Crippen LogP contribution in [0.4, 0.5) is 5.95 Å². The summed E-state index contributed by atoms with van der Waals surface area (Å²) in [6.45, 7) is 6.60. The van der Waals surface area contributed by atoms with E-state index in [1.165, 1.54) is 11.6 Å². The first kappa shape index (κ1) is 24.3. The van der Waals surface area contributed by atoms with Crippen molar-refractivity contribution in [1.29, 1.82) is 0 Å². The monoisotopic (exact) mass is 494 g/mol. The number of benzene rings is 1. The van der Waals surface area contributed by atoms with Crippen LogP contribution in [-0.4, -0.2) is 86.8 Å². The van der Waals surface area contributed by atoms with E-state index in [9.17, 15) is 14.4 Å². The molecule has 11 nitrogen and oxygen atoms in total. The molecule has 1 N–H and O–H groups in total. The van der Waals surface area contributed by atoms with Gasteiger partial charge in [0.25, 0.3) is 5.56 Å². The molecule has 11 heteroatoms. The summed E-state index contributed by atoms with van der Waals surface area (Å²) in [7, 11) is 5.22. The van der Waals surface area contributed by atoms with Crippen molar-refractivity contribution < 1.29 is 4.79 Å². The lowest BCUT2D eigenvalue weighted by atomic mass is 10.2. The Hall–Kier alpha value is -3.44. The Bertz CT molecular complexity index is 1370. The van der Waals surface area contributed by atoms with Crippen LogP contribution in [0.3, 0.4) is 0 Å². The van der Waals surface area contributed by atoms with Crippen LogP contribution in [0, 0.1) is 0 Å². The van der Waals surface area contributed by atoms with Crippen molar-refractivity contribution in [1.82, 2.24) is 33.8 Å². The van der Waals surface area contributed by atoms with Crippen LogP contribution in [-0.2, 0) is 32.0 Å². The van der Waals surface area contributed by atoms with E-state index in [-0.39, 0.29) is 5.91 Å². The molecule has 1 unspecified atom stereocenters. The fourth-order valence-corrected chi connectivity index (χ4v) is 5.13. The van der Waals surface area contributed by atoms with Crippen LogP contribution in [0.25, 0.3) is 11.2 Å². The highest BCUT2D eigenvalue weighted by atomic mass is 16.2. The second-order valence-electron chi connectivity index (χ2n) is 9.82. The van der Waals surface area contributed by atoms with Gasteiger partial charge in [0.15, 0.2) is 11.2 Å². The van der Waals surface area contributed by atoms with Crippen LogP contribution in [0.2, 0.25) is 0 Å². The molecule has 1 atom stereocenters. The number of imidazole rings is 1. The summed E-state index contributed by atoms with van der Waals surface area (Å²) < 4.78 is 4.26. The van der Waals surface area contributed by atoms with E-state index in [0.717, 1.165) is 49.3 Å². The molecule has 1 saturated heterocycles. The highest BCUT2D eigenvalue weighted by molar-refractivity contribution is 5.87. The van der Waals surface area contributed by atoms with Gasteiger partial charge in [-0.3, -0.25) is 18.7 Å².